The molecule has 0 fully saturated rings. The summed E-state index contributed by atoms with van der Waals surface area (Å²) in [6.07, 6.45) is 0. The number of benzene rings is 2. The third-order valence-corrected chi connectivity index (χ3v) is 3.49. The van der Waals surface area contributed by atoms with Crippen LogP contribution in [0.2, 0.25) is 5.02 Å². The summed E-state index contributed by atoms with van der Waals surface area (Å²) in [5, 5.41) is 13.5. The van der Waals surface area contributed by atoms with Crippen LogP contribution in [0.15, 0.2) is 42.5 Å². The molecule has 0 aliphatic rings. The molecule has 1 N–H and O–H groups in total. The number of nitro benzene ring substituents is 1. The van der Waals surface area contributed by atoms with E-state index < -0.39 is 10.8 Å². The van der Waals surface area contributed by atoms with Crippen molar-refractivity contribution in [2.45, 2.75) is 0 Å². The van der Waals surface area contributed by atoms with Gasteiger partial charge in [0.1, 0.15) is 0 Å². The Kier molecular flexibility index (Phi) is 4.56. The molecule has 0 bridgehead atoms. The molecule has 2 rings (SSSR count). The minimum atomic E-state index is -0.571. The van der Waals surface area contributed by atoms with Crippen molar-refractivity contribution in [1.29, 1.82) is 0 Å². The molecule has 0 aromatic heterocycles. The number of non-ortho nitro benzene ring substituents is 1. The molecular formula is C13H8ClIN2O3. The predicted molar refractivity (Wildman–Crippen MR) is 85.2 cm³/mol. The Balaban J connectivity index is 2.29. The second-order valence-electron chi connectivity index (χ2n) is 3.89. The van der Waals surface area contributed by atoms with Crippen LogP contribution in [0.3, 0.4) is 0 Å². The Bertz CT molecular complexity index is 691. The van der Waals surface area contributed by atoms with Crippen molar-refractivity contribution >= 4 is 51.5 Å². The van der Waals surface area contributed by atoms with Crippen LogP contribution >= 0.6 is 34.2 Å². The van der Waals surface area contributed by atoms with Gasteiger partial charge < -0.3 is 5.32 Å². The Hall–Kier alpha value is -1.67. The number of halogens is 2. The summed E-state index contributed by atoms with van der Waals surface area (Å²) in [6, 6.07) is 10.9. The van der Waals surface area contributed by atoms with Gasteiger partial charge in [0, 0.05) is 21.4 Å². The fraction of sp³-hybridized carbons (Fsp3) is 0. The lowest BCUT2D eigenvalue weighted by Crippen LogP contribution is -2.12. The van der Waals surface area contributed by atoms with Crippen molar-refractivity contribution in [3.8, 4) is 0 Å². The fourth-order valence-electron chi connectivity index (χ4n) is 1.57. The second-order valence-corrected chi connectivity index (χ2v) is 5.54. The summed E-state index contributed by atoms with van der Waals surface area (Å²) in [6.45, 7) is 0. The van der Waals surface area contributed by atoms with Gasteiger partial charge in [-0.05, 0) is 46.9 Å². The number of hydrogen-bond acceptors (Lipinski definition) is 3. The number of amides is 1. The Morgan fingerprint density at radius 3 is 2.65 bits per heavy atom. The number of carbonyl (C=O) groups is 1. The highest BCUT2D eigenvalue weighted by Crippen LogP contribution is 2.23. The SMILES string of the molecule is O=C(Nc1cccc(I)c1)c1cc([N+](=O)[O-])ccc1Cl. The van der Waals surface area contributed by atoms with Crippen LogP contribution in [0.5, 0.6) is 0 Å². The van der Waals surface area contributed by atoms with Gasteiger partial charge in [0.05, 0.1) is 15.5 Å². The van der Waals surface area contributed by atoms with Gasteiger partial charge in [0.2, 0.25) is 0 Å². The number of nitrogens with one attached hydrogen (secondary N) is 1. The van der Waals surface area contributed by atoms with Crippen LogP contribution < -0.4 is 5.32 Å². The number of rotatable bonds is 3. The van der Waals surface area contributed by atoms with E-state index in [1.807, 2.05) is 6.07 Å². The highest BCUT2D eigenvalue weighted by atomic mass is 127. The summed E-state index contributed by atoms with van der Waals surface area (Å²) < 4.78 is 0.963. The third-order valence-electron chi connectivity index (χ3n) is 2.49. The molecule has 20 heavy (non-hydrogen) atoms. The zero-order chi connectivity index (χ0) is 14.7. The molecule has 0 unspecified atom stereocenters. The molecule has 0 aliphatic heterocycles. The zero-order valence-electron chi connectivity index (χ0n) is 9.97. The fourth-order valence-corrected chi connectivity index (χ4v) is 2.31. The van der Waals surface area contributed by atoms with Crippen LogP contribution in [0.25, 0.3) is 0 Å². The van der Waals surface area contributed by atoms with Gasteiger partial charge in [-0.15, -0.1) is 0 Å². The van der Waals surface area contributed by atoms with Crippen LogP contribution in [0.1, 0.15) is 10.4 Å². The Morgan fingerprint density at radius 1 is 1.25 bits per heavy atom. The van der Waals surface area contributed by atoms with E-state index in [2.05, 4.69) is 27.9 Å². The summed E-state index contributed by atoms with van der Waals surface area (Å²) in [5.74, 6) is -0.485. The number of hydrogen-bond donors (Lipinski definition) is 1. The monoisotopic (exact) mass is 402 g/mol. The highest BCUT2D eigenvalue weighted by molar-refractivity contribution is 14.1. The quantitative estimate of drug-likeness (QED) is 0.477. The largest absolute Gasteiger partial charge is 0.322 e. The van der Waals surface area contributed by atoms with E-state index in [1.54, 1.807) is 18.2 Å². The van der Waals surface area contributed by atoms with Gasteiger partial charge in [-0.3, -0.25) is 14.9 Å². The normalized spacial score (nSPS) is 10.1. The van der Waals surface area contributed by atoms with Gasteiger partial charge in [-0.25, -0.2) is 0 Å². The number of anilines is 1. The molecule has 102 valence electrons. The van der Waals surface area contributed by atoms with Gasteiger partial charge in [0.25, 0.3) is 11.6 Å². The van der Waals surface area contributed by atoms with Gasteiger partial charge in [0.15, 0.2) is 0 Å². The predicted octanol–water partition coefficient (Wildman–Crippen LogP) is 4.11. The first-order chi connectivity index (χ1) is 9.47. The minimum Gasteiger partial charge on any atom is -0.322 e. The topological polar surface area (TPSA) is 72.2 Å². The first-order valence-electron chi connectivity index (χ1n) is 5.48. The van der Waals surface area contributed by atoms with E-state index in [0.29, 0.717) is 5.69 Å². The van der Waals surface area contributed by atoms with Crippen molar-refractivity contribution in [2.24, 2.45) is 0 Å². The molecule has 5 nitrogen and oxygen atoms in total. The molecule has 0 aliphatic carbocycles. The van der Waals surface area contributed by atoms with Crippen LogP contribution in [-0.2, 0) is 0 Å². The van der Waals surface area contributed by atoms with E-state index >= 15 is 0 Å². The molecular weight excluding hydrogens is 395 g/mol. The van der Waals surface area contributed by atoms with Gasteiger partial charge >= 0.3 is 0 Å². The first kappa shape index (κ1) is 14.7. The number of carbonyl (C=O) groups excluding carboxylic acids is 1. The Morgan fingerprint density at radius 2 is 2.00 bits per heavy atom. The average molecular weight is 403 g/mol. The third kappa shape index (κ3) is 3.45. The lowest BCUT2D eigenvalue weighted by Gasteiger charge is -2.07. The standard InChI is InChI=1S/C13H8ClIN2O3/c14-12-5-4-10(17(19)20)7-11(12)13(18)16-9-3-1-2-8(15)6-9/h1-7H,(H,16,18). The van der Waals surface area contributed by atoms with Gasteiger partial charge in [-0.1, -0.05) is 17.7 Å². The smallest absolute Gasteiger partial charge is 0.270 e. The summed E-state index contributed by atoms with van der Waals surface area (Å²) in [5.41, 5.74) is 0.492. The lowest BCUT2D eigenvalue weighted by atomic mass is 10.2. The molecule has 0 heterocycles. The van der Waals surface area contributed by atoms with E-state index in [9.17, 15) is 14.9 Å². The molecule has 0 saturated carbocycles. The van der Waals surface area contributed by atoms with Crippen molar-refractivity contribution in [1.82, 2.24) is 0 Å². The maximum atomic E-state index is 12.1. The number of nitro groups is 1. The maximum Gasteiger partial charge on any atom is 0.270 e. The molecule has 2 aromatic rings. The van der Waals surface area contributed by atoms with Crippen molar-refractivity contribution < 1.29 is 9.72 Å². The van der Waals surface area contributed by atoms with Crippen LogP contribution in [0.4, 0.5) is 11.4 Å². The molecule has 0 radical (unpaired) electrons. The molecule has 0 saturated heterocycles. The molecule has 7 heteroatoms. The minimum absolute atomic E-state index is 0.0692. The average Bonchev–Trinajstić information content (AvgIpc) is 2.38. The van der Waals surface area contributed by atoms with E-state index in [-0.39, 0.29) is 16.3 Å². The summed E-state index contributed by atoms with van der Waals surface area (Å²) in [4.78, 5) is 22.2. The van der Waals surface area contributed by atoms with Crippen LogP contribution in [0, 0.1) is 13.7 Å². The van der Waals surface area contributed by atoms with Gasteiger partial charge in [-0.2, -0.15) is 0 Å². The maximum absolute atomic E-state index is 12.1. The van der Waals surface area contributed by atoms with E-state index in [0.717, 1.165) is 9.64 Å². The second kappa shape index (κ2) is 6.19. The lowest BCUT2D eigenvalue weighted by molar-refractivity contribution is -0.384. The van der Waals surface area contributed by atoms with E-state index in [1.165, 1.54) is 12.1 Å². The van der Waals surface area contributed by atoms with Crippen molar-refractivity contribution in [3.05, 3.63) is 66.7 Å². The summed E-state index contributed by atoms with van der Waals surface area (Å²) in [7, 11) is 0. The van der Waals surface area contributed by atoms with Crippen molar-refractivity contribution in [3.63, 3.8) is 0 Å². The zero-order valence-corrected chi connectivity index (χ0v) is 12.9. The molecule has 2 aromatic carbocycles. The first-order valence-corrected chi connectivity index (χ1v) is 6.94. The van der Waals surface area contributed by atoms with Crippen molar-refractivity contribution in [2.75, 3.05) is 5.32 Å². The molecule has 1 amide bonds. The Labute approximate surface area is 133 Å². The van der Waals surface area contributed by atoms with Crippen LogP contribution in [-0.4, -0.2) is 10.8 Å². The highest BCUT2D eigenvalue weighted by Gasteiger charge is 2.16. The molecule has 0 spiro atoms. The number of nitrogens with zero attached hydrogens (tertiary/aromatic N) is 1. The molecule has 0 atom stereocenters. The van der Waals surface area contributed by atoms with E-state index in [4.69, 9.17) is 11.6 Å². The summed E-state index contributed by atoms with van der Waals surface area (Å²) >= 11 is 8.03.